The van der Waals surface area contributed by atoms with Crippen molar-refractivity contribution in [1.82, 2.24) is 4.90 Å². The summed E-state index contributed by atoms with van der Waals surface area (Å²) in [5, 5.41) is 0.717. The lowest BCUT2D eigenvalue weighted by atomic mass is 9.82. The summed E-state index contributed by atoms with van der Waals surface area (Å²) < 4.78 is 0. The number of anilines is 1. The molecule has 1 aromatic rings. The van der Waals surface area contributed by atoms with Crippen LogP contribution in [0.2, 0.25) is 5.02 Å². The minimum Gasteiger partial charge on any atom is -0.398 e. The molecule has 1 aliphatic rings. The van der Waals surface area contributed by atoms with Gasteiger partial charge in [-0.05, 0) is 48.9 Å². The van der Waals surface area contributed by atoms with Crippen LogP contribution in [0, 0.1) is 5.41 Å². The van der Waals surface area contributed by atoms with Gasteiger partial charge >= 0.3 is 0 Å². The van der Waals surface area contributed by atoms with E-state index in [9.17, 15) is 0 Å². The number of nitrogens with two attached hydrogens (primary N) is 1. The Hall–Kier alpha value is -0.730. The standard InChI is InChI=1S/C15H23ClN2/c1-3-15(4-2)7-8-18(11-15)10-12-5-6-13(16)9-14(12)17/h5-6,9H,3-4,7-8,10-11,17H2,1-2H3. The van der Waals surface area contributed by atoms with Crippen LogP contribution in [-0.4, -0.2) is 18.0 Å². The van der Waals surface area contributed by atoms with Crippen LogP contribution >= 0.6 is 11.6 Å². The van der Waals surface area contributed by atoms with Crippen LogP contribution in [-0.2, 0) is 6.54 Å². The van der Waals surface area contributed by atoms with E-state index in [1.54, 1.807) is 0 Å². The molecule has 0 aliphatic carbocycles. The van der Waals surface area contributed by atoms with Gasteiger partial charge in [-0.25, -0.2) is 0 Å². The number of nitrogens with zero attached hydrogens (tertiary/aromatic N) is 1. The van der Waals surface area contributed by atoms with Gasteiger partial charge in [0.1, 0.15) is 0 Å². The van der Waals surface area contributed by atoms with Crippen molar-refractivity contribution < 1.29 is 0 Å². The summed E-state index contributed by atoms with van der Waals surface area (Å²) >= 11 is 5.93. The molecule has 2 nitrogen and oxygen atoms in total. The van der Waals surface area contributed by atoms with Crippen LogP contribution < -0.4 is 5.73 Å². The number of hydrogen-bond donors (Lipinski definition) is 1. The fourth-order valence-corrected chi connectivity index (χ4v) is 3.12. The Bertz CT molecular complexity index is 413. The predicted octanol–water partition coefficient (Wildman–Crippen LogP) is 3.93. The number of halogens is 1. The van der Waals surface area contributed by atoms with E-state index in [2.05, 4.69) is 24.8 Å². The Morgan fingerprint density at radius 1 is 1.33 bits per heavy atom. The molecule has 1 heterocycles. The lowest BCUT2D eigenvalue weighted by Gasteiger charge is -2.26. The molecule has 0 spiro atoms. The molecule has 0 unspecified atom stereocenters. The van der Waals surface area contributed by atoms with Crippen LogP contribution in [0.5, 0.6) is 0 Å². The number of hydrogen-bond acceptors (Lipinski definition) is 2. The molecular formula is C15H23ClN2. The highest BCUT2D eigenvalue weighted by atomic mass is 35.5. The Morgan fingerprint density at radius 2 is 2.06 bits per heavy atom. The maximum atomic E-state index is 6.02. The lowest BCUT2D eigenvalue weighted by molar-refractivity contribution is 0.236. The van der Waals surface area contributed by atoms with E-state index in [0.29, 0.717) is 10.4 Å². The van der Waals surface area contributed by atoms with Crippen molar-refractivity contribution in [1.29, 1.82) is 0 Å². The van der Waals surface area contributed by atoms with Gasteiger partial charge in [0.05, 0.1) is 0 Å². The summed E-state index contributed by atoms with van der Waals surface area (Å²) in [4.78, 5) is 2.52. The van der Waals surface area contributed by atoms with Crippen molar-refractivity contribution in [3.63, 3.8) is 0 Å². The van der Waals surface area contributed by atoms with Crippen molar-refractivity contribution in [3.8, 4) is 0 Å². The van der Waals surface area contributed by atoms with E-state index in [-0.39, 0.29) is 0 Å². The highest BCUT2D eigenvalue weighted by molar-refractivity contribution is 6.30. The normalized spacial score (nSPS) is 19.3. The average molecular weight is 267 g/mol. The maximum absolute atomic E-state index is 6.02. The molecule has 0 atom stereocenters. The molecule has 0 bridgehead atoms. The predicted molar refractivity (Wildman–Crippen MR) is 78.8 cm³/mol. The van der Waals surface area contributed by atoms with Crippen LogP contribution in [0.1, 0.15) is 38.7 Å². The van der Waals surface area contributed by atoms with Gasteiger partial charge in [-0.1, -0.05) is 31.5 Å². The van der Waals surface area contributed by atoms with Gasteiger partial charge in [0, 0.05) is 23.8 Å². The second kappa shape index (κ2) is 5.50. The quantitative estimate of drug-likeness (QED) is 0.837. The Balaban J connectivity index is 2.03. The summed E-state index contributed by atoms with van der Waals surface area (Å²) in [6.07, 6.45) is 3.86. The Kier molecular flexibility index (Phi) is 4.18. The Morgan fingerprint density at radius 3 is 2.61 bits per heavy atom. The molecule has 2 N–H and O–H groups in total. The molecule has 18 heavy (non-hydrogen) atoms. The SMILES string of the molecule is CCC1(CC)CCN(Cc2ccc(Cl)cc2N)C1. The summed E-state index contributed by atoms with van der Waals surface area (Å²) in [7, 11) is 0. The summed E-state index contributed by atoms with van der Waals surface area (Å²) in [6.45, 7) is 7.95. The second-order valence-electron chi connectivity index (χ2n) is 5.51. The molecule has 100 valence electrons. The first kappa shape index (κ1) is 13.7. The summed E-state index contributed by atoms with van der Waals surface area (Å²) in [5.41, 5.74) is 8.56. The number of nitrogen functional groups attached to an aromatic ring is 1. The smallest absolute Gasteiger partial charge is 0.0426 e. The van der Waals surface area contributed by atoms with Gasteiger partial charge in [0.15, 0.2) is 0 Å². The lowest BCUT2D eigenvalue weighted by Crippen LogP contribution is -2.26. The molecule has 2 rings (SSSR count). The topological polar surface area (TPSA) is 29.3 Å². The van der Waals surface area contributed by atoms with Gasteiger partial charge in [0.25, 0.3) is 0 Å². The highest BCUT2D eigenvalue weighted by Crippen LogP contribution is 2.37. The van der Waals surface area contributed by atoms with Gasteiger partial charge in [-0.2, -0.15) is 0 Å². The third kappa shape index (κ3) is 2.81. The zero-order chi connectivity index (χ0) is 13.2. The third-order valence-electron chi connectivity index (χ3n) is 4.52. The van der Waals surface area contributed by atoms with Crippen molar-refractivity contribution >= 4 is 17.3 Å². The monoisotopic (exact) mass is 266 g/mol. The van der Waals surface area contributed by atoms with Gasteiger partial charge in [0.2, 0.25) is 0 Å². The van der Waals surface area contributed by atoms with E-state index in [0.717, 1.165) is 12.2 Å². The molecule has 0 radical (unpaired) electrons. The highest BCUT2D eigenvalue weighted by Gasteiger charge is 2.34. The summed E-state index contributed by atoms with van der Waals surface area (Å²) in [6, 6.07) is 5.83. The fourth-order valence-electron chi connectivity index (χ4n) is 2.94. The zero-order valence-electron chi connectivity index (χ0n) is 11.4. The van der Waals surface area contributed by atoms with Crippen molar-refractivity contribution in [2.75, 3.05) is 18.8 Å². The first-order valence-corrected chi connectivity index (χ1v) is 7.22. The Labute approximate surface area is 115 Å². The van der Waals surface area contributed by atoms with E-state index in [1.807, 2.05) is 12.1 Å². The first-order valence-electron chi connectivity index (χ1n) is 6.85. The van der Waals surface area contributed by atoms with Gasteiger partial charge in [-0.3, -0.25) is 4.90 Å². The maximum Gasteiger partial charge on any atom is 0.0426 e. The van der Waals surface area contributed by atoms with E-state index in [4.69, 9.17) is 17.3 Å². The van der Waals surface area contributed by atoms with Crippen molar-refractivity contribution in [2.45, 2.75) is 39.7 Å². The van der Waals surface area contributed by atoms with E-state index >= 15 is 0 Å². The van der Waals surface area contributed by atoms with Crippen LogP contribution in [0.4, 0.5) is 5.69 Å². The van der Waals surface area contributed by atoms with Gasteiger partial charge in [-0.15, -0.1) is 0 Å². The molecule has 0 aromatic heterocycles. The number of likely N-dealkylation sites (tertiary alicyclic amines) is 1. The molecule has 0 saturated carbocycles. The molecule has 3 heteroatoms. The molecule has 1 aliphatic heterocycles. The van der Waals surface area contributed by atoms with E-state index < -0.39 is 0 Å². The average Bonchev–Trinajstić information content (AvgIpc) is 2.77. The van der Waals surface area contributed by atoms with Crippen molar-refractivity contribution in [3.05, 3.63) is 28.8 Å². The van der Waals surface area contributed by atoms with Gasteiger partial charge < -0.3 is 5.73 Å². The number of benzene rings is 1. The van der Waals surface area contributed by atoms with Crippen molar-refractivity contribution in [2.24, 2.45) is 5.41 Å². The minimum atomic E-state index is 0.529. The number of rotatable bonds is 4. The molecule has 0 amide bonds. The summed E-state index contributed by atoms with van der Waals surface area (Å²) in [5.74, 6) is 0. The van der Waals surface area contributed by atoms with Crippen LogP contribution in [0.25, 0.3) is 0 Å². The van der Waals surface area contributed by atoms with E-state index in [1.165, 1.54) is 37.9 Å². The zero-order valence-corrected chi connectivity index (χ0v) is 12.1. The largest absolute Gasteiger partial charge is 0.398 e. The van der Waals surface area contributed by atoms with Crippen LogP contribution in [0.3, 0.4) is 0 Å². The second-order valence-corrected chi connectivity index (χ2v) is 5.95. The van der Waals surface area contributed by atoms with Crippen LogP contribution in [0.15, 0.2) is 18.2 Å². The molecular weight excluding hydrogens is 244 g/mol. The minimum absolute atomic E-state index is 0.529. The molecule has 1 fully saturated rings. The first-order chi connectivity index (χ1) is 8.58. The fraction of sp³-hybridized carbons (Fsp3) is 0.600. The third-order valence-corrected chi connectivity index (χ3v) is 4.75. The molecule has 1 aromatic carbocycles. The molecule has 1 saturated heterocycles.